The molecule has 0 atom stereocenters. The van der Waals surface area contributed by atoms with Crippen LogP contribution in [0.5, 0.6) is 0 Å². The molecule has 18 heavy (non-hydrogen) atoms. The second kappa shape index (κ2) is 5.28. The molecule has 5 nitrogen and oxygen atoms in total. The Labute approximate surface area is 118 Å². The third-order valence-corrected chi connectivity index (χ3v) is 7.07. The highest BCUT2D eigenvalue weighted by molar-refractivity contribution is 9.10. The van der Waals surface area contributed by atoms with E-state index in [0.717, 1.165) is 4.47 Å². The predicted molar refractivity (Wildman–Crippen MR) is 72.7 cm³/mol. The minimum Gasteiger partial charge on any atom is -0.369 e. The zero-order valence-corrected chi connectivity index (χ0v) is 12.7. The Kier molecular flexibility index (Phi) is 4.10. The van der Waals surface area contributed by atoms with Gasteiger partial charge in [0.25, 0.3) is 10.0 Å². The maximum atomic E-state index is 12.3. The summed E-state index contributed by atoms with van der Waals surface area (Å²) in [5, 5.41) is 1.74. The monoisotopic (exact) mass is 352 g/mol. The Morgan fingerprint density at radius 1 is 1.44 bits per heavy atom. The van der Waals surface area contributed by atoms with Crippen LogP contribution in [0.25, 0.3) is 0 Å². The molecular formula is C10H13BrN2O3S2. The molecule has 0 spiro atoms. The number of thiophene rings is 1. The van der Waals surface area contributed by atoms with Crippen LogP contribution in [0.4, 0.5) is 0 Å². The lowest BCUT2D eigenvalue weighted by atomic mass is 9.98. The lowest BCUT2D eigenvalue weighted by Gasteiger charge is -2.29. The molecule has 8 heteroatoms. The number of hydrogen-bond acceptors (Lipinski definition) is 4. The zero-order chi connectivity index (χ0) is 13.3. The summed E-state index contributed by atoms with van der Waals surface area (Å²) >= 11 is 4.43. The van der Waals surface area contributed by atoms with E-state index in [4.69, 9.17) is 5.73 Å². The fraction of sp³-hybridized carbons (Fsp3) is 0.500. The highest BCUT2D eigenvalue weighted by atomic mass is 79.9. The molecule has 0 aliphatic carbocycles. The van der Waals surface area contributed by atoms with Gasteiger partial charge in [-0.3, -0.25) is 4.79 Å². The molecule has 1 saturated heterocycles. The van der Waals surface area contributed by atoms with Gasteiger partial charge in [0.1, 0.15) is 4.21 Å². The number of primary amides is 1. The van der Waals surface area contributed by atoms with E-state index in [1.54, 1.807) is 11.4 Å². The minimum absolute atomic E-state index is 0.202. The van der Waals surface area contributed by atoms with Crippen molar-refractivity contribution in [3.8, 4) is 0 Å². The Hall–Kier alpha value is -0.440. The molecule has 1 fully saturated rings. The molecule has 2 N–H and O–H groups in total. The summed E-state index contributed by atoms with van der Waals surface area (Å²) < 4.78 is 27.1. The predicted octanol–water partition coefficient (Wildman–Crippen LogP) is 1.40. The number of nitrogens with two attached hydrogens (primary N) is 1. The van der Waals surface area contributed by atoms with Crippen LogP contribution in [0.15, 0.2) is 20.1 Å². The topological polar surface area (TPSA) is 80.5 Å². The van der Waals surface area contributed by atoms with Gasteiger partial charge in [0.2, 0.25) is 5.91 Å². The molecule has 1 aliphatic heterocycles. The first kappa shape index (κ1) is 14.0. The number of nitrogens with zero attached hydrogens (tertiary/aromatic N) is 1. The van der Waals surface area contributed by atoms with Gasteiger partial charge in [-0.25, -0.2) is 8.42 Å². The van der Waals surface area contributed by atoms with Crippen LogP contribution in [-0.2, 0) is 14.8 Å². The maximum Gasteiger partial charge on any atom is 0.252 e. The number of piperidine rings is 1. The van der Waals surface area contributed by atoms with E-state index < -0.39 is 10.0 Å². The Morgan fingerprint density at radius 3 is 2.50 bits per heavy atom. The smallest absolute Gasteiger partial charge is 0.252 e. The lowest BCUT2D eigenvalue weighted by molar-refractivity contribution is -0.122. The summed E-state index contributed by atoms with van der Waals surface area (Å²) in [5.74, 6) is -0.544. The molecule has 100 valence electrons. The average Bonchev–Trinajstić information content (AvgIpc) is 2.76. The second-order valence-electron chi connectivity index (χ2n) is 4.16. The maximum absolute atomic E-state index is 12.3. The molecule has 0 aromatic carbocycles. The zero-order valence-electron chi connectivity index (χ0n) is 9.50. The van der Waals surface area contributed by atoms with E-state index in [-0.39, 0.29) is 11.8 Å². The molecular weight excluding hydrogens is 340 g/mol. The third kappa shape index (κ3) is 2.76. The van der Waals surface area contributed by atoms with Gasteiger partial charge >= 0.3 is 0 Å². The molecule has 2 rings (SSSR count). The fourth-order valence-corrected chi connectivity index (χ4v) is 5.41. The molecule has 0 unspecified atom stereocenters. The van der Waals surface area contributed by atoms with Crippen molar-refractivity contribution >= 4 is 43.2 Å². The van der Waals surface area contributed by atoms with E-state index in [2.05, 4.69) is 15.9 Å². The number of amides is 1. The van der Waals surface area contributed by atoms with Crippen LogP contribution >= 0.6 is 27.3 Å². The van der Waals surface area contributed by atoms with Crippen LogP contribution < -0.4 is 5.73 Å². The SMILES string of the molecule is NC(=O)C1CCN(S(=O)(=O)c2cc(Br)cs2)CC1. The van der Waals surface area contributed by atoms with Crippen molar-refractivity contribution < 1.29 is 13.2 Å². The standard InChI is InChI=1S/C10H13BrN2O3S2/c11-8-5-9(17-6-8)18(15,16)13-3-1-7(2-4-13)10(12)14/h5-7H,1-4H2,(H2,12,14). The summed E-state index contributed by atoms with van der Waals surface area (Å²) in [6.07, 6.45) is 1.00. The third-order valence-electron chi connectivity index (χ3n) is 2.99. The number of carbonyl (C=O) groups excluding carboxylic acids is 1. The van der Waals surface area contributed by atoms with Gasteiger partial charge < -0.3 is 5.73 Å². The first-order chi connectivity index (χ1) is 8.41. The highest BCUT2D eigenvalue weighted by Gasteiger charge is 2.31. The van der Waals surface area contributed by atoms with Gasteiger partial charge in [-0.05, 0) is 34.8 Å². The van der Waals surface area contributed by atoms with E-state index in [1.807, 2.05) is 0 Å². The average molecular weight is 353 g/mol. The number of carbonyl (C=O) groups is 1. The van der Waals surface area contributed by atoms with Crippen LogP contribution in [0, 0.1) is 5.92 Å². The minimum atomic E-state index is -3.42. The number of sulfonamides is 1. The number of halogens is 1. The summed E-state index contributed by atoms with van der Waals surface area (Å²) in [4.78, 5) is 11.0. The highest BCUT2D eigenvalue weighted by Crippen LogP contribution is 2.29. The van der Waals surface area contributed by atoms with Gasteiger partial charge in [0.05, 0.1) is 0 Å². The van der Waals surface area contributed by atoms with E-state index in [0.29, 0.717) is 30.1 Å². The van der Waals surface area contributed by atoms with Gasteiger partial charge in [-0.2, -0.15) is 4.31 Å². The summed E-state index contributed by atoms with van der Waals surface area (Å²) in [7, 11) is -3.42. The number of hydrogen-bond donors (Lipinski definition) is 1. The van der Waals surface area contributed by atoms with Crippen molar-refractivity contribution in [1.29, 1.82) is 0 Å². The first-order valence-electron chi connectivity index (χ1n) is 5.45. The van der Waals surface area contributed by atoms with Gasteiger partial charge in [-0.1, -0.05) is 0 Å². The molecule has 2 heterocycles. The largest absolute Gasteiger partial charge is 0.369 e. The first-order valence-corrected chi connectivity index (χ1v) is 8.56. The summed E-state index contributed by atoms with van der Waals surface area (Å²) in [6.45, 7) is 0.705. The van der Waals surface area contributed by atoms with Crippen molar-refractivity contribution in [3.05, 3.63) is 15.9 Å². The van der Waals surface area contributed by atoms with Gasteiger partial charge in [0.15, 0.2) is 0 Å². The van der Waals surface area contributed by atoms with Crippen LogP contribution in [-0.4, -0.2) is 31.7 Å². The van der Waals surface area contributed by atoms with E-state index in [1.165, 1.54) is 15.6 Å². The van der Waals surface area contributed by atoms with Crippen molar-refractivity contribution in [2.75, 3.05) is 13.1 Å². The van der Waals surface area contributed by atoms with E-state index >= 15 is 0 Å². The van der Waals surface area contributed by atoms with Crippen molar-refractivity contribution in [2.45, 2.75) is 17.1 Å². The Balaban J connectivity index is 2.12. The summed E-state index contributed by atoms with van der Waals surface area (Å²) in [5.41, 5.74) is 5.23. The molecule has 0 bridgehead atoms. The van der Waals surface area contributed by atoms with Crippen molar-refractivity contribution in [1.82, 2.24) is 4.31 Å². The molecule has 0 radical (unpaired) electrons. The summed E-state index contributed by atoms with van der Waals surface area (Å²) in [6, 6.07) is 1.60. The van der Waals surface area contributed by atoms with Crippen LogP contribution in [0.3, 0.4) is 0 Å². The van der Waals surface area contributed by atoms with Crippen LogP contribution in [0.1, 0.15) is 12.8 Å². The molecule has 0 saturated carbocycles. The fourth-order valence-electron chi connectivity index (χ4n) is 1.94. The van der Waals surface area contributed by atoms with Gasteiger partial charge in [0, 0.05) is 28.9 Å². The lowest BCUT2D eigenvalue weighted by Crippen LogP contribution is -2.41. The van der Waals surface area contributed by atoms with Crippen molar-refractivity contribution in [2.24, 2.45) is 11.7 Å². The molecule has 1 aliphatic rings. The molecule has 1 aromatic rings. The van der Waals surface area contributed by atoms with Crippen LogP contribution in [0.2, 0.25) is 0 Å². The Bertz CT molecular complexity index is 547. The molecule has 1 amide bonds. The number of rotatable bonds is 3. The quantitative estimate of drug-likeness (QED) is 0.892. The van der Waals surface area contributed by atoms with Crippen molar-refractivity contribution in [3.63, 3.8) is 0 Å². The normalized spacial score (nSPS) is 18.9. The van der Waals surface area contributed by atoms with E-state index in [9.17, 15) is 13.2 Å². The van der Waals surface area contributed by atoms with Gasteiger partial charge in [-0.15, -0.1) is 11.3 Å². The Morgan fingerprint density at radius 2 is 2.06 bits per heavy atom. The molecule has 1 aromatic heterocycles. The second-order valence-corrected chi connectivity index (χ2v) is 8.16.